The number of nitrogens with one attached hydrogen (secondary N) is 1. The van der Waals surface area contributed by atoms with Crippen LogP contribution in [0, 0.1) is 0 Å². The van der Waals surface area contributed by atoms with Gasteiger partial charge in [0.1, 0.15) is 11.4 Å². The normalized spacial score (nSPS) is 11.2. The molecule has 0 heterocycles. The maximum absolute atomic E-state index is 12.4. The molecule has 0 bridgehead atoms. The Morgan fingerprint density at radius 2 is 1.63 bits per heavy atom. The first-order valence-electron chi connectivity index (χ1n) is 8.62. The van der Waals surface area contributed by atoms with Crippen molar-refractivity contribution in [1.82, 2.24) is 5.32 Å². The van der Waals surface area contributed by atoms with E-state index >= 15 is 0 Å². The van der Waals surface area contributed by atoms with Gasteiger partial charge in [0.05, 0.1) is 6.61 Å². The molecule has 136 valence electrons. The molecule has 0 saturated heterocycles. The van der Waals surface area contributed by atoms with Crippen LogP contribution in [0.3, 0.4) is 0 Å². The number of benzene rings is 3. The lowest BCUT2D eigenvalue weighted by Crippen LogP contribution is -2.31. The molecule has 0 aliphatic carbocycles. The van der Waals surface area contributed by atoms with E-state index in [4.69, 9.17) is 10.5 Å². The van der Waals surface area contributed by atoms with Crippen LogP contribution in [0.25, 0.3) is 16.8 Å². The van der Waals surface area contributed by atoms with E-state index in [2.05, 4.69) is 5.32 Å². The van der Waals surface area contributed by atoms with E-state index in [1.54, 1.807) is 30.3 Å². The zero-order chi connectivity index (χ0) is 19.2. The van der Waals surface area contributed by atoms with Gasteiger partial charge in [0.15, 0.2) is 0 Å². The number of ether oxygens (including phenoxy) is 1. The van der Waals surface area contributed by atoms with Gasteiger partial charge < -0.3 is 15.8 Å². The minimum atomic E-state index is -0.711. The van der Waals surface area contributed by atoms with Crippen LogP contribution >= 0.6 is 0 Å². The van der Waals surface area contributed by atoms with Gasteiger partial charge in [-0.1, -0.05) is 48.5 Å². The zero-order valence-electron chi connectivity index (χ0n) is 14.9. The van der Waals surface area contributed by atoms with Crippen LogP contribution in [0.2, 0.25) is 0 Å². The molecule has 0 atom stereocenters. The van der Waals surface area contributed by atoms with Gasteiger partial charge in [-0.15, -0.1) is 0 Å². The molecule has 0 unspecified atom stereocenters. The van der Waals surface area contributed by atoms with Crippen molar-refractivity contribution in [2.75, 3.05) is 6.61 Å². The van der Waals surface area contributed by atoms with Gasteiger partial charge in [-0.3, -0.25) is 9.59 Å². The van der Waals surface area contributed by atoms with Crippen LogP contribution in [-0.4, -0.2) is 18.4 Å². The lowest BCUT2D eigenvalue weighted by atomic mass is 10.0. The number of hydrogen-bond acceptors (Lipinski definition) is 3. The maximum Gasteiger partial charge on any atom is 0.265 e. The third-order valence-electron chi connectivity index (χ3n) is 4.07. The Morgan fingerprint density at radius 3 is 2.30 bits per heavy atom. The number of fused-ring (bicyclic) bond motifs is 1. The van der Waals surface area contributed by atoms with Crippen LogP contribution in [0.5, 0.6) is 5.75 Å². The number of amides is 2. The van der Waals surface area contributed by atoms with E-state index in [1.165, 1.54) is 0 Å². The number of hydrogen-bond donors (Lipinski definition) is 2. The third-order valence-corrected chi connectivity index (χ3v) is 4.07. The van der Waals surface area contributed by atoms with Crippen molar-refractivity contribution >= 4 is 28.7 Å². The van der Waals surface area contributed by atoms with E-state index < -0.39 is 11.8 Å². The highest BCUT2D eigenvalue weighted by Gasteiger charge is 2.13. The Kier molecular flexibility index (Phi) is 5.52. The van der Waals surface area contributed by atoms with E-state index in [9.17, 15) is 9.59 Å². The predicted octanol–water partition coefficient (Wildman–Crippen LogP) is 3.49. The first-order valence-corrected chi connectivity index (χ1v) is 8.62. The number of carbonyl (C=O) groups is 2. The SMILES string of the molecule is CCOc1ccc(/C=C(\NC(=O)c2ccccc2)C(N)=O)c2ccccc12. The molecule has 3 N–H and O–H groups in total. The van der Waals surface area contributed by atoms with Crippen molar-refractivity contribution in [2.24, 2.45) is 5.73 Å². The van der Waals surface area contributed by atoms with Gasteiger partial charge >= 0.3 is 0 Å². The summed E-state index contributed by atoms with van der Waals surface area (Å²) in [6, 6.07) is 20.0. The van der Waals surface area contributed by atoms with Crippen molar-refractivity contribution in [2.45, 2.75) is 6.92 Å². The van der Waals surface area contributed by atoms with Crippen molar-refractivity contribution < 1.29 is 14.3 Å². The zero-order valence-corrected chi connectivity index (χ0v) is 14.9. The highest BCUT2D eigenvalue weighted by atomic mass is 16.5. The molecule has 3 aromatic rings. The number of rotatable bonds is 6. The second-order valence-corrected chi connectivity index (χ2v) is 5.87. The third kappa shape index (κ3) is 4.15. The molecular weight excluding hydrogens is 340 g/mol. The largest absolute Gasteiger partial charge is 0.493 e. The van der Waals surface area contributed by atoms with E-state index in [0.29, 0.717) is 12.2 Å². The van der Waals surface area contributed by atoms with Gasteiger partial charge in [0.25, 0.3) is 11.8 Å². The van der Waals surface area contributed by atoms with Crippen molar-refractivity contribution in [1.29, 1.82) is 0 Å². The van der Waals surface area contributed by atoms with E-state index in [-0.39, 0.29) is 5.70 Å². The monoisotopic (exact) mass is 360 g/mol. The molecule has 3 aromatic carbocycles. The summed E-state index contributed by atoms with van der Waals surface area (Å²) in [6.07, 6.45) is 1.58. The molecule has 0 fully saturated rings. The standard InChI is InChI=1S/C22H20N2O3/c1-2-27-20-13-12-16(17-10-6-7-11-18(17)20)14-19(21(23)25)24-22(26)15-8-4-3-5-9-15/h3-14H,2H2,1H3,(H2,23,25)(H,24,26)/b19-14-. The van der Waals surface area contributed by atoms with Crippen LogP contribution < -0.4 is 15.8 Å². The lowest BCUT2D eigenvalue weighted by Gasteiger charge is -2.11. The first-order chi connectivity index (χ1) is 13.1. The summed E-state index contributed by atoms with van der Waals surface area (Å²) in [5.74, 6) is -0.340. The summed E-state index contributed by atoms with van der Waals surface area (Å²) in [7, 11) is 0. The molecule has 0 radical (unpaired) electrons. The highest BCUT2D eigenvalue weighted by Crippen LogP contribution is 2.29. The number of primary amides is 1. The van der Waals surface area contributed by atoms with Crippen molar-refractivity contribution in [3.8, 4) is 5.75 Å². The van der Waals surface area contributed by atoms with Gasteiger partial charge in [0.2, 0.25) is 0 Å². The Balaban J connectivity index is 2.00. The summed E-state index contributed by atoms with van der Waals surface area (Å²) in [5.41, 5.74) is 6.72. The second kappa shape index (κ2) is 8.19. The molecule has 3 rings (SSSR count). The van der Waals surface area contributed by atoms with Gasteiger partial charge in [-0.05, 0) is 42.1 Å². The topological polar surface area (TPSA) is 81.4 Å². The highest BCUT2D eigenvalue weighted by molar-refractivity contribution is 6.06. The Labute approximate surface area is 157 Å². The summed E-state index contributed by atoms with van der Waals surface area (Å²) in [4.78, 5) is 24.3. The van der Waals surface area contributed by atoms with Gasteiger partial charge in [-0.2, -0.15) is 0 Å². The summed E-state index contributed by atoms with van der Waals surface area (Å²) in [5, 5.41) is 4.42. The average Bonchev–Trinajstić information content (AvgIpc) is 2.69. The van der Waals surface area contributed by atoms with E-state index in [1.807, 2.05) is 49.4 Å². The predicted molar refractivity (Wildman–Crippen MR) is 106 cm³/mol. The molecule has 27 heavy (non-hydrogen) atoms. The fourth-order valence-electron chi connectivity index (χ4n) is 2.81. The molecule has 0 aromatic heterocycles. The van der Waals surface area contributed by atoms with Crippen molar-refractivity contribution in [3.63, 3.8) is 0 Å². The molecule has 0 spiro atoms. The molecule has 5 heteroatoms. The Bertz CT molecular complexity index is 1010. The number of carbonyl (C=O) groups excluding carboxylic acids is 2. The van der Waals surface area contributed by atoms with Crippen LogP contribution in [0.4, 0.5) is 0 Å². The maximum atomic E-state index is 12.4. The Morgan fingerprint density at radius 1 is 0.963 bits per heavy atom. The van der Waals surface area contributed by atoms with Crippen LogP contribution in [0.1, 0.15) is 22.8 Å². The first kappa shape index (κ1) is 18.2. The summed E-state index contributed by atoms with van der Waals surface area (Å²) < 4.78 is 5.67. The number of nitrogens with two attached hydrogens (primary N) is 1. The van der Waals surface area contributed by atoms with Crippen molar-refractivity contribution in [3.05, 3.63) is 83.6 Å². The smallest absolute Gasteiger partial charge is 0.265 e. The van der Waals surface area contributed by atoms with Gasteiger partial charge in [0, 0.05) is 10.9 Å². The average molecular weight is 360 g/mol. The molecule has 2 amide bonds. The molecular formula is C22H20N2O3. The second-order valence-electron chi connectivity index (χ2n) is 5.87. The fraction of sp³-hybridized carbons (Fsp3) is 0.0909. The molecule has 0 aliphatic heterocycles. The molecule has 0 aliphatic rings. The minimum absolute atomic E-state index is 0.0261. The van der Waals surface area contributed by atoms with Crippen LogP contribution in [-0.2, 0) is 4.79 Å². The van der Waals surface area contributed by atoms with E-state index in [0.717, 1.165) is 22.1 Å². The Hall–Kier alpha value is -3.60. The quantitative estimate of drug-likeness (QED) is 0.660. The fourth-order valence-corrected chi connectivity index (χ4v) is 2.81. The lowest BCUT2D eigenvalue weighted by molar-refractivity contribution is -0.114. The summed E-state index contributed by atoms with van der Waals surface area (Å²) in [6.45, 7) is 2.48. The van der Waals surface area contributed by atoms with Crippen LogP contribution in [0.15, 0.2) is 72.4 Å². The summed E-state index contributed by atoms with van der Waals surface area (Å²) >= 11 is 0. The van der Waals surface area contributed by atoms with Gasteiger partial charge in [-0.25, -0.2) is 0 Å². The minimum Gasteiger partial charge on any atom is -0.493 e. The molecule has 0 saturated carbocycles. The molecule has 5 nitrogen and oxygen atoms in total.